The molecule has 1 fully saturated rings. The van der Waals surface area contributed by atoms with Gasteiger partial charge in [-0.15, -0.1) is 11.3 Å². The van der Waals surface area contributed by atoms with E-state index in [0.29, 0.717) is 16.3 Å². The molecule has 184 valence electrons. The maximum Gasteiger partial charge on any atom is 0.331 e. The second-order valence-electron chi connectivity index (χ2n) is 8.97. The molecule has 1 amide bonds. The van der Waals surface area contributed by atoms with E-state index in [1.54, 1.807) is 4.57 Å². The number of hydrogen-bond donors (Lipinski definition) is 1. The monoisotopic (exact) mass is 516 g/mol. The van der Waals surface area contributed by atoms with Gasteiger partial charge < -0.3 is 5.11 Å². The molecule has 0 radical (unpaired) electrons. The first-order valence-electron chi connectivity index (χ1n) is 11.1. The Kier molecular flexibility index (Phi) is 5.99. The number of para-hydroxylation sites is 1. The van der Waals surface area contributed by atoms with Crippen LogP contribution in [-0.2, 0) is 25.0 Å². The number of amides is 1. The first-order chi connectivity index (χ1) is 16.7. The Morgan fingerprint density at radius 1 is 1.17 bits per heavy atom. The average Bonchev–Trinajstić information content (AvgIpc) is 3.50. The quantitative estimate of drug-likeness (QED) is 0.431. The van der Waals surface area contributed by atoms with Gasteiger partial charge in [-0.2, -0.15) is 0 Å². The van der Waals surface area contributed by atoms with Crippen LogP contribution in [0, 0.1) is 5.92 Å². The van der Waals surface area contributed by atoms with Crippen molar-refractivity contribution in [2.45, 2.75) is 33.0 Å². The third kappa shape index (κ3) is 3.96. The third-order valence-corrected chi connectivity index (χ3v) is 8.06. The van der Waals surface area contributed by atoms with Crippen molar-refractivity contribution in [2.24, 2.45) is 13.0 Å². The van der Waals surface area contributed by atoms with Crippen LogP contribution in [0.1, 0.15) is 29.1 Å². The molecule has 0 saturated carbocycles. The molecular weight excluding hydrogens is 492 g/mol. The second-order valence-corrected chi connectivity index (χ2v) is 11.0. The van der Waals surface area contributed by atoms with Gasteiger partial charge in [-0.1, -0.05) is 37.3 Å². The molecular formula is C23H24N4O6S2. The van der Waals surface area contributed by atoms with Crippen LogP contribution in [0.3, 0.4) is 0 Å². The molecule has 1 unspecified atom stereocenters. The summed E-state index contributed by atoms with van der Waals surface area (Å²) < 4.78 is 4.89. The first-order valence-corrected chi connectivity index (χ1v) is 12.8. The van der Waals surface area contributed by atoms with Crippen LogP contribution in [0.5, 0.6) is 0 Å². The summed E-state index contributed by atoms with van der Waals surface area (Å²) in [4.78, 5) is 58.8. The Bertz CT molecular complexity index is 1640. The fraction of sp³-hybridized carbons (Fsp3) is 0.391. The molecule has 4 aromatic rings. The van der Waals surface area contributed by atoms with Crippen LogP contribution in [0.2, 0.25) is 0 Å². The zero-order chi connectivity index (χ0) is 25.0. The fourth-order valence-corrected chi connectivity index (χ4v) is 6.45. The number of nitrogens with zero attached hydrogens (tertiary/aromatic N) is 4. The van der Waals surface area contributed by atoms with Gasteiger partial charge in [0.2, 0.25) is 0 Å². The maximum atomic E-state index is 13.6. The summed E-state index contributed by atoms with van der Waals surface area (Å²) in [5, 5.41) is 11.1. The second kappa shape index (κ2) is 8.86. The summed E-state index contributed by atoms with van der Waals surface area (Å²) >= 11 is 2.26. The number of hydrogen-bond acceptors (Lipinski definition) is 8. The Morgan fingerprint density at radius 3 is 2.60 bits per heavy atom. The highest BCUT2D eigenvalue weighted by Gasteiger charge is 2.33. The minimum absolute atomic E-state index is 0.0339. The molecule has 35 heavy (non-hydrogen) atoms. The molecule has 3 aromatic heterocycles. The molecule has 0 spiro atoms. The standard InChI is InChI=1S/C23H24N4O6S2/c1-12(2)8-26-21-18(19(29)24(3)22(26)31)17(20(30)27-9-13(28)11-33-27)16(34-21)10-25-14-6-4-5-7-15(14)35-23(25)32/h4-7,12-13,28H,8-11H2,1-3H3. The summed E-state index contributed by atoms with van der Waals surface area (Å²) in [5.74, 6) is -0.471. The van der Waals surface area contributed by atoms with Crippen molar-refractivity contribution in [1.82, 2.24) is 18.8 Å². The minimum atomic E-state index is -0.835. The zero-order valence-electron chi connectivity index (χ0n) is 19.4. The molecule has 1 aliphatic heterocycles. The van der Waals surface area contributed by atoms with Crippen molar-refractivity contribution < 1.29 is 14.7 Å². The predicted octanol–water partition coefficient (Wildman–Crippen LogP) is 1.59. The first kappa shape index (κ1) is 23.7. The van der Waals surface area contributed by atoms with E-state index in [4.69, 9.17) is 4.84 Å². The molecule has 5 rings (SSSR count). The third-order valence-electron chi connectivity index (χ3n) is 5.91. The van der Waals surface area contributed by atoms with Gasteiger partial charge in [0.25, 0.3) is 11.5 Å². The molecule has 1 saturated heterocycles. The number of carbonyl (C=O) groups excluding carboxylic acids is 1. The van der Waals surface area contributed by atoms with Crippen LogP contribution in [0.4, 0.5) is 0 Å². The largest absolute Gasteiger partial charge is 0.389 e. The topological polar surface area (TPSA) is 116 Å². The van der Waals surface area contributed by atoms with Gasteiger partial charge in [-0.05, 0) is 18.1 Å². The number of thiazole rings is 1. The van der Waals surface area contributed by atoms with Crippen molar-refractivity contribution in [3.63, 3.8) is 0 Å². The molecule has 1 N–H and O–H groups in total. The molecule has 1 aliphatic rings. The number of rotatable bonds is 5. The fourth-order valence-electron chi connectivity index (χ4n) is 4.29. The number of aliphatic hydroxyl groups excluding tert-OH is 1. The van der Waals surface area contributed by atoms with Gasteiger partial charge in [-0.3, -0.25) is 32.9 Å². The lowest BCUT2D eigenvalue weighted by Crippen LogP contribution is -2.39. The summed E-state index contributed by atoms with van der Waals surface area (Å²) in [6.45, 7) is 4.26. The van der Waals surface area contributed by atoms with E-state index in [1.807, 2.05) is 38.1 Å². The van der Waals surface area contributed by atoms with E-state index in [9.17, 15) is 24.3 Å². The Labute approximate surface area is 206 Å². The van der Waals surface area contributed by atoms with Gasteiger partial charge >= 0.3 is 10.6 Å². The van der Waals surface area contributed by atoms with Crippen LogP contribution >= 0.6 is 22.7 Å². The maximum absolute atomic E-state index is 13.6. The summed E-state index contributed by atoms with van der Waals surface area (Å²) in [6.07, 6.45) is -0.835. The van der Waals surface area contributed by atoms with Gasteiger partial charge in [0.1, 0.15) is 17.5 Å². The Balaban J connectivity index is 1.79. The Hall–Kier alpha value is -3.06. The van der Waals surface area contributed by atoms with Crippen molar-refractivity contribution in [2.75, 3.05) is 13.2 Å². The van der Waals surface area contributed by atoms with Gasteiger partial charge in [0.05, 0.1) is 34.3 Å². The number of aromatic nitrogens is 3. The molecule has 1 aromatic carbocycles. The highest BCUT2D eigenvalue weighted by molar-refractivity contribution is 7.19. The number of hydroxylamine groups is 2. The molecule has 0 bridgehead atoms. The van der Waals surface area contributed by atoms with Crippen molar-refractivity contribution in [3.05, 3.63) is 65.2 Å². The summed E-state index contributed by atoms with van der Waals surface area (Å²) in [7, 11) is 1.39. The van der Waals surface area contributed by atoms with E-state index in [2.05, 4.69) is 0 Å². The van der Waals surface area contributed by atoms with Gasteiger partial charge in [0.15, 0.2) is 0 Å². The highest BCUT2D eigenvalue weighted by atomic mass is 32.1. The number of benzene rings is 1. The number of fused-ring (bicyclic) bond motifs is 2. The van der Waals surface area contributed by atoms with Crippen molar-refractivity contribution in [1.29, 1.82) is 0 Å². The van der Waals surface area contributed by atoms with E-state index in [-0.39, 0.29) is 41.4 Å². The molecule has 12 heteroatoms. The lowest BCUT2D eigenvalue weighted by atomic mass is 10.1. The van der Waals surface area contributed by atoms with E-state index in [1.165, 1.54) is 11.6 Å². The average molecular weight is 517 g/mol. The van der Waals surface area contributed by atoms with E-state index < -0.39 is 23.3 Å². The number of carbonyl (C=O) groups is 1. The number of thiophene rings is 1. The smallest absolute Gasteiger partial charge is 0.331 e. The normalized spacial score (nSPS) is 16.3. The van der Waals surface area contributed by atoms with E-state index >= 15 is 0 Å². The molecule has 1 atom stereocenters. The summed E-state index contributed by atoms with van der Waals surface area (Å²) in [5.41, 5.74) is -0.231. The van der Waals surface area contributed by atoms with Gasteiger partial charge in [-0.25, -0.2) is 9.86 Å². The van der Waals surface area contributed by atoms with Crippen LogP contribution in [-0.4, -0.2) is 49.0 Å². The SMILES string of the molecule is CC(C)Cn1c(=O)n(C)c(=O)c2c(C(=O)N3CC(O)CO3)c(Cn3c(=O)sc4ccccc43)sc21. The van der Waals surface area contributed by atoms with Crippen molar-refractivity contribution >= 4 is 49.0 Å². The van der Waals surface area contributed by atoms with Crippen LogP contribution in [0.15, 0.2) is 38.6 Å². The molecule has 0 aliphatic carbocycles. The number of aliphatic hydroxyl groups is 1. The van der Waals surface area contributed by atoms with Crippen molar-refractivity contribution in [3.8, 4) is 0 Å². The lowest BCUT2D eigenvalue weighted by molar-refractivity contribution is -0.0778. The minimum Gasteiger partial charge on any atom is -0.389 e. The van der Waals surface area contributed by atoms with Crippen LogP contribution < -0.4 is 16.1 Å². The molecule has 4 heterocycles. The number of β-amino-alcohol motifs (C(OH)–C–C–N with tert-alkyl or cyclic N) is 1. The molecule has 10 nitrogen and oxygen atoms in total. The zero-order valence-corrected chi connectivity index (χ0v) is 21.0. The highest BCUT2D eigenvalue weighted by Crippen LogP contribution is 2.32. The van der Waals surface area contributed by atoms with Gasteiger partial charge in [0, 0.05) is 18.5 Å². The Morgan fingerprint density at radius 2 is 1.91 bits per heavy atom. The van der Waals surface area contributed by atoms with Crippen LogP contribution in [0.25, 0.3) is 20.4 Å². The van der Waals surface area contributed by atoms with E-state index in [0.717, 1.165) is 42.5 Å². The lowest BCUT2D eigenvalue weighted by Gasteiger charge is -2.15. The predicted molar refractivity (Wildman–Crippen MR) is 134 cm³/mol. The summed E-state index contributed by atoms with van der Waals surface area (Å²) in [6, 6.07) is 7.36.